The number of carbonyl (C=O) groups excluding carboxylic acids is 1. The summed E-state index contributed by atoms with van der Waals surface area (Å²) >= 11 is 0. The maximum Gasteiger partial charge on any atom is 0.320 e. The van der Waals surface area contributed by atoms with Gasteiger partial charge in [-0.3, -0.25) is 4.79 Å². The summed E-state index contributed by atoms with van der Waals surface area (Å²) in [6, 6.07) is -0.185. The lowest BCUT2D eigenvalue weighted by Gasteiger charge is -2.28. The van der Waals surface area contributed by atoms with Crippen molar-refractivity contribution < 1.29 is 19.4 Å². The van der Waals surface area contributed by atoms with Crippen LogP contribution in [0.25, 0.3) is 0 Å². The van der Waals surface area contributed by atoms with Gasteiger partial charge in [-0.15, -0.1) is 6.58 Å². The van der Waals surface area contributed by atoms with Crippen molar-refractivity contribution in [3.63, 3.8) is 0 Å². The minimum absolute atomic E-state index is 0.0498. The van der Waals surface area contributed by atoms with Crippen LogP contribution >= 0.6 is 0 Å². The van der Waals surface area contributed by atoms with E-state index in [2.05, 4.69) is 6.58 Å². The maximum absolute atomic E-state index is 12.1. The summed E-state index contributed by atoms with van der Waals surface area (Å²) in [7, 11) is 1.57. The van der Waals surface area contributed by atoms with E-state index in [0.717, 1.165) is 0 Å². The van der Waals surface area contributed by atoms with E-state index < -0.39 is 5.97 Å². The number of nitrogens with zero attached hydrogens (tertiary/aromatic N) is 2. The van der Waals surface area contributed by atoms with Gasteiger partial charge in [0.2, 0.25) is 0 Å². The number of carboxylic acid groups (broad SMARTS) is 1. The van der Waals surface area contributed by atoms with Gasteiger partial charge < -0.3 is 19.6 Å². The predicted octanol–water partition coefficient (Wildman–Crippen LogP) is 1.04. The molecule has 6 nitrogen and oxygen atoms in total. The molecule has 0 aromatic heterocycles. The topological polar surface area (TPSA) is 70.1 Å². The first-order valence-corrected chi connectivity index (χ1v) is 5.92. The number of aliphatic carboxylic acids is 1. The van der Waals surface area contributed by atoms with E-state index in [9.17, 15) is 9.59 Å². The fourth-order valence-corrected chi connectivity index (χ4v) is 1.44. The Bertz CT molecular complexity index is 281. The molecule has 18 heavy (non-hydrogen) atoms. The monoisotopic (exact) mass is 258 g/mol. The number of ether oxygens (including phenoxy) is 1. The Labute approximate surface area is 108 Å². The first-order chi connectivity index (χ1) is 8.56. The first kappa shape index (κ1) is 16.4. The summed E-state index contributed by atoms with van der Waals surface area (Å²) in [5.74, 6) is -0.909. The smallest absolute Gasteiger partial charge is 0.320 e. The van der Waals surface area contributed by atoms with Crippen molar-refractivity contribution in [2.45, 2.75) is 13.3 Å². The quantitative estimate of drug-likeness (QED) is 0.627. The molecule has 0 rings (SSSR count). The van der Waals surface area contributed by atoms with Gasteiger partial charge in [-0.1, -0.05) is 6.08 Å². The number of hydrogen-bond acceptors (Lipinski definition) is 3. The highest BCUT2D eigenvalue weighted by Gasteiger charge is 2.19. The summed E-state index contributed by atoms with van der Waals surface area (Å²) in [6.45, 7) is 7.44. The zero-order chi connectivity index (χ0) is 14.0. The molecule has 0 aliphatic heterocycles. The Morgan fingerprint density at radius 2 is 2.00 bits per heavy atom. The van der Waals surface area contributed by atoms with Gasteiger partial charge in [-0.05, 0) is 6.92 Å². The van der Waals surface area contributed by atoms with Crippen LogP contribution in [0.1, 0.15) is 13.3 Å². The molecule has 0 aliphatic carbocycles. The van der Waals surface area contributed by atoms with E-state index in [1.807, 2.05) is 6.92 Å². The molecule has 6 heteroatoms. The summed E-state index contributed by atoms with van der Waals surface area (Å²) < 4.78 is 4.94. The van der Waals surface area contributed by atoms with Gasteiger partial charge in [0.05, 0.1) is 13.0 Å². The molecule has 104 valence electrons. The summed E-state index contributed by atoms with van der Waals surface area (Å²) in [6.07, 6.45) is 1.59. The molecule has 0 unspecified atom stereocenters. The molecule has 0 spiro atoms. The Morgan fingerprint density at radius 1 is 1.33 bits per heavy atom. The van der Waals surface area contributed by atoms with Crippen molar-refractivity contribution in [2.75, 3.05) is 39.9 Å². The molecule has 0 saturated heterocycles. The van der Waals surface area contributed by atoms with Crippen molar-refractivity contribution in [3.05, 3.63) is 12.7 Å². The molecule has 0 atom stereocenters. The second kappa shape index (κ2) is 9.47. The highest BCUT2D eigenvalue weighted by Crippen LogP contribution is 2.01. The SMILES string of the molecule is C=CCN(CCOC)C(=O)N(CC)CCC(=O)O. The lowest BCUT2D eigenvalue weighted by atomic mass is 10.3. The van der Waals surface area contributed by atoms with E-state index in [4.69, 9.17) is 9.84 Å². The predicted molar refractivity (Wildman–Crippen MR) is 68.5 cm³/mol. The highest BCUT2D eigenvalue weighted by atomic mass is 16.5. The Hall–Kier alpha value is -1.56. The number of carbonyl (C=O) groups is 2. The molecule has 1 N–H and O–H groups in total. The minimum Gasteiger partial charge on any atom is -0.481 e. The van der Waals surface area contributed by atoms with Gasteiger partial charge >= 0.3 is 12.0 Å². The minimum atomic E-state index is -0.909. The summed E-state index contributed by atoms with van der Waals surface area (Å²) in [5.41, 5.74) is 0. The maximum atomic E-state index is 12.1. The van der Waals surface area contributed by atoms with Crippen LogP contribution in [0.4, 0.5) is 4.79 Å². The number of amides is 2. The fraction of sp³-hybridized carbons (Fsp3) is 0.667. The van der Waals surface area contributed by atoms with Crippen LogP contribution in [0.5, 0.6) is 0 Å². The third kappa shape index (κ3) is 6.24. The zero-order valence-corrected chi connectivity index (χ0v) is 11.1. The number of carboxylic acids is 1. The molecule has 2 amide bonds. The molecule has 0 aliphatic rings. The highest BCUT2D eigenvalue weighted by molar-refractivity contribution is 5.75. The van der Waals surface area contributed by atoms with E-state index in [-0.39, 0.29) is 19.0 Å². The Balaban J connectivity index is 4.47. The lowest BCUT2D eigenvalue weighted by molar-refractivity contribution is -0.137. The molecule has 0 fully saturated rings. The molecule has 0 radical (unpaired) electrons. The van der Waals surface area contributed by atoms with Crippen LogP contribution in [0.15, 0.2) is 12.7 Å². The van der Waals surface area contributed by atoms with Crippen molar-refractivity contribution in [1.29, 1.82) is 0 Å². The van der Waals surface area contributed by atoms with Crippen molar-refractivity contribution in [2.24, 2.45) is 0 Å². The molecular weight excluding hydrogens is 236 g/mol. The van der Waals surface area contributed by atoms with Crippen molar-refractivity contribution >= 4 is 12.0 Å². The van der Waals surface area contributed by atoms with E-state index in [0.29, 0.717) is 26.2 Å². The average molecular weight is 258 g/mol. The van der Waals surface area contributed by atoms with Crippen LogP contribution in [-0.4, -0.2) is 66.8 Å². The van der Waals surface area contributed by atoms with E-state index in [1.54, 1.807) is 18.1 Å². The Morgan fingerprint density at radius 3 is 2.44 bits per heavy atom. The average Bonchev–Trinajstić information content (AvgIpc) is 2.34. The standard InChI is InChI=1S/C12H22N2O4/c1-4-7-14(9-10-18-3)12(17)13(5-2)8-6-11(15)16/h4H,1,5-10H2,2-3H3,(H,15,16). The normalized spacial score (nSPS) is 9.89. The molecule has 0 bridgehead atoms. The number of urea groups is 1. The summed E-state index contributed by atoms with van der Waals surface area (Å²) in [4.78, 5) is 25.8. The first-order valence-electron chi connectivity index (χ1n) is 5.92. The van der Waals surface area contributed by atoms with Gasteiger partial charge in [-0.25, -0.2) is 4.79 Å². The molecule has 0 aromatic carbocycles. The van der Waals surface area contributed by atoms with E-state index in [1.165, 1.54) is 4.90 Å². The second-order valence-corrected chi connectivity index (χ2v) is 3.73. The zero-order valence-electron chi connectivity index (χ0n) is 11.1. The Kier molecular flexibility index (Phi) is 8.65. The van der Waals surface area contributed by atoms with Crippen LogP contribution in [-0.2, 0) is 9.53 Å². The van der Waals surface area contributed by atoms with Crippen LogP contribution < -0.4 is 0 Å². The lowest BCUT2D eigenvalue weighted by Crippen LogP contribution is -2.45. The van der Waals surface area contributed by atoms with Crippen LogP contribution in [0.3, 0.4) is 0 Å². The van der Waals surface area contributed by atoms with Crippen LogP contribution in [0, 0.1) is 0 Å². The fourth-order valence-electron chi connectivity index (χ4n) is 1.44. The van der Waals surface area contributed by atoms with Crippen LogP contribution in [0.2, 0.25) is 0 Å². The summed E-state index contributed by atoms with van der Waals surface area (Å²) in [5, 5.41) is 8.64. The molecule has 0 heterocycles. The van der Waals surface area contributed by atoms with Crippen molar-refractivity contribution in [3.8, 4) is 0 Å². The van der Waals surface area contributed by atoms with Gasteiger partial charge in [0.25, 0.3) is 0 Å². The number of rotatable bonds is 9. The third-order valence-electron chi connectivity index (χ3n) is 2.43. The van der Waals surface area contributed by atoms with Crippen molar-refractivity contribution in [1.82, 2.24) is 9.80 Å². The molecule has 0 saturated carbocycles. The largest absolute Gasteiger partial charge is 0.481 e. The van der Waals surface area contributed by atoms with Gasteiger partial charge in [0.15, 0.2) is 0 Å². The van der Waals surface area contributed by atoms with Gasteiger partial charge in [0, 0.05) is 33.3 Å². The van der Waals surface area contributed by atoms with E-state index >= 15 is 0 Å². The van der Waals surface area contributed by atoms with Gasteiger partial charge in [-0.2, -0.15) is 0 Å². The third-order valence-corrected chi connectivity index (χ3v) is 2.43. The second-order valence-electron chi connectivity index (χ2n) is 3.73. The molecular formula is C12H22N2O4. The molecule has 0 aromatic rings. The van der Waals surface area contributed by atoms with Gasteiger partial charge in [0.1, 0.15) is 0 Å². The number of hydrogen-bond donors (Lipinski definition) is 1. The number of methoxy groups -OCH3 is 1.